The van der Waals surface area contributed by atoms with E-state index in [1.54, 1.807) is 0 Å². The van der Waals surface area contributed by atoms with Crippen molar-refractivity contribution in [2.45, 2.75) is 18.8 Å². The first-order chi connectivity index (χ1) is 11.5. The Morgan fingerprint density at radius 1 is 1.17 bits per heavy atom. The zero-order valence-corrected chi connectivity index (χ0v) is 14.0. The van der Waals surface area contributed by atoms with Gasteiger partial charge in [0.2, 0.25) is 0 Å². The summed E-state index contributed by atoms with van der Waals surface area (Å²) in [4.78, 5) is 15.4. The molecule has 2 rings (SSSR count). The molecule has 1 aromatic carbocycles. The number of halogens is 2. The maximum Gasteiger partial charge on any atom is 0.407 e. The molecule has 6 nitrogen and oxygen atoms in total. The minimum absolute atomic E-state index is 0.0963. The predicted octanol–water partition coefficient (Wildman–Crippen LogP) is 2.71. The Hall–Kier alpha value is -1.86. The van der Waals surface area contributed by atoms with E-state index in [0.717, 1.165) is 5.56 Å². The maximum atomic E-state index is 11.6. The van der Waals surface area contributed by atoms with Crippen LogP contribution in [-0.4, -0.2) is 33.9 Å². The summed E-state index contributed by atoms with van der Waals surface area (Å²) in [5, 5.41) is 22.6. The third-order valence-electron chi connectivity index (χ3n) is 3.16. The van der Waals surface area contributed by atoms with Gasteiger partial charge in [0.05, 0.1) is 0 Å². The summed E-state index contributed by atoms with van der Waals surface area (Å²) in [5.74, 6) is 0. The monoisotopic (exact) mass is 370 g/mol. The number of alkyl carbamates (subject to hydrolysis) is 1. The van der Waals surface area contributed by atoms with E-state index in [9.17, 15) is 15.0 Å². The first-order valence-electron chi connectivity index (χ1n) is 7.09. The molecule has 2 aromatic rings. The fourth-order valence-corrected chi connectivity index (χ4v) is 2.43. The fraction of sp³-hybridized carbons (Fsp3) is 0.250. The number of nitrogens with one attached hydrogen (secondary N) is 1. The number of aliphatic hydroxyl groups excluding tert-OH is 2. The van der Waals surface area contributed by atoms with E-state index in [4.69, 9.17) is 27.9 Å². The molecule has 2 unspecified atom stereocenters. The number of carbonyl (C=O) groups is 1. The Kier molecular flexibility index (Phi) is 6.81. The summed E-state index contributed by atoms with van der Waals surface area (Å²) in [6.07, 6.45) is -3.24. The van der Waals surface area contributed by atoms with Crippen LogP contribution in [0.3, 0.4) is 0 Å². The van der Waals surface area contributed by atoms with Gasteiger partial charge in [-0.15, -0.1) is 0 Å². The first kappa shape index (κ1) is 18.5. The van der Waals surface area contributed by atoms with Gasteiger partial charge < -0.3 is 20.3 Å². The number of hydrogen-bond acceptors (Lipinski definition) is 5. The highest BCUT2D eigenvalue weighted by Crippen LogP contribution is 2.22. The van der Waals surface area contributed by atoms with Gasteiger partial charge in [0.25, 0.3) is 0 Å². The summed E-state index contributed by atoms with van der Waals surface area (Å²) in [5.41, 5.74) is 1.14. The molecule has 0 aliphatic heterocycles. The van der Waals surface area contributed by atoms with Crippen LogP contribution in [0, 0.1) is 0 Å². The fourth-order valence-electron chi connectivity index (χ4n) is 1.95. The van der Waals surface area contributed by atoms with Crippen LogP contribution < -0.4 is 5.32 Å². The van der Waals surface area contributed by atoms with Crippen LogP contribution >= 0.6 is 23.2 Å². The molecule has 1 amide bonds. The Morgan fingerprint density at radius 3 is 2.42 bits per heavy atom. The average molecular weight is 371 g/mol. The Balaban J connectivity index is 1.81. The van der Waals surface area contributed by atoms with Crippen LogP contribution in [0.2, 0.25) is 10.3 Å². The van der Waals surface area contributed by atoms with Gasteiger partial charge in [-0.25, -0.2) is 9.78 Å². The zero-order chi connectivity index (χ0) is 17.5. The molecular formula is C16H16Cl2N2O4. The smallest absolute Gasteiger partial charge is 0.407 e. The Bertz CT molecular complexity index is 665. The van der Waals surface area contributed by atoms with Gasteiger partial charge in [-0.1, -0.05) is 53.5 Å². The topological polar surface area (TPSA) is 91.7 Å². The van der Waals surface area contributed by atoms with Gasteiger partial charge in [0, 0.05) is 6.54 Å². The van der Waals surface area contributed by atoms with Crippen molar-refractivity contribution in [3.8, 4) is 0 Å². The van der Waals surface area contributed by atoms with Crippen molar-refractivity contribution in [3.63, 3.8) is 0 Å². The molecule has 0 fully saturated rings. The number of aromatic nitrogens is 1. The van der Waals surface area contributed by atoms with Crippen LogP contribution in [0.15, 0.2) is 42.5 Å². The second kappa shape index (κ2) is 8.84. The van der Waals surface area contributed by atoms with Gasteiger partial charge >= 0.3 is 6.09 Å². The van der Waals surface area contributed by atoms with E-state index < -0.39 is 18.3 Å². The number of nitrogens with zero attached hydrogens (tertiary/aromatic N) is 1. The highest BCUT2D eigenvalue weighted by atomic mass is 35.5. The summed E-state index contributed by atoms with van der Waals surface area (Å²) < 4.78 is 5.01. The highest BCUT2D eigenvalue weighted by Gasteiger charge is 2.20. The molecular weight excluding hydrogens is 355 g/mol. The second-order valence-corrected chi connectivity index (χ2v) is 5.78. The number of benzene rings is 1. The number of rotatable bonds is 6. The first-order valence-corrected chi connectivity index (χ1v) is 7.85. The molecule has 0 radical (unpaired) electrons. The zero-order valence-electron chi connectivity index (χ0n) is 12.5. The lowest BCUT2D eigenvalue weighted by Crippen LogP contribution is -2.35. The van der Waals surface area contributed by atoms with Crippen molar-refractivity contribution in [3.05, 3.63) is 63.9 Å². The van der Waals surface area contributed by atoms with E-state index in [1.165, 1.54) is 12.1 Å². The third-order valence-corrected chi connectivity index (χ3v) is 3.55. The Morgan fingerprint density at radius 2 is 1.79 bits per heavy atom. The van der Waals surface area contributed by atoms with Gasteiger partial charge in [-0.3, -0.25) is 0 Å². The van der Waals surface area contributed by atoms with Crippen LogP contribution in [-0.2, 0) is 11.3 Å². The maximum absolute atomic E-state index is 11.6. The number of pyridine rings is 1. The van der Waals surface area contributed by atoms with Gasteiger partial charge in [0.1, 0.15) is 29.1 Å². The molecule has 1 heterocycles. The number of carbonyl (C=O) groups excluding carboxylic acids is 1. The molecule has 0 bridgehead atoms. The van der Waals surface area contributed by atoms with Crippen LogP contribution in [0.1, 0.15) is 17.2 Å². The van der Waals surface area contributed by atoms with Crippen molar-refractivity contribution < 1.29 is 19.7 Å². The SMILES string of the molecule is O=C(NCC(O)C(O)c1cc(Cl)nc(Cl)c1)OCc1ccccc1. The molecule has 0 aliphatic rings. The van der Waals surface area contributed by atoms with E-state index in [0.29, 0.717) is 5.56 Å². The van der Waals surface area contributed by atoms with Gasteiger partial charge in [0.15, 0.2) is 0 Å². The van der Waals surface area contributed by atoms with Crippen molar-refractivity contribution in [1.82, 2.24) is 10.3 Å². The molecule has 0 spiro atoms. The Labute approximate surface area is 149 Å². The van der Waals surface area contributed by atoms with E-state index in [-0.39, 0.29) is 23.5 Å². The number of hydrogen-bond donors (Lipinski definition) is 3. The second-order valence-electron chi connectivity index (χ2n) is 5.00. The molecule has 0 saturated carbocycles. The predicted molar refractivity (Wildman–Crippen MR) is 89.9 cm³/mol. The summed E-state index contributed by atoms with van der Waals surface area (Å²) in [6.45, 7) is -0.0900. The summed E-state index contributed by atoms with van der Waals surface area (Å²) >= 11 is 11.5. The lowest BCUT2D eigenvalue weighted by atomic mass is 10.1. The quantitative estimate of drug-likeness (QED) is 0.680. The minimum Gasteiger partial charge on any atom is -0.445 e. The summed E-state index contributed by atoms with van der Waals surface area (Å²) in [7, 11) is 0. The lowest BCUT2D eigenvalue weighted by Gasteiger charge is -2.19. The third kappa shape index (κ3) is 5.65. The average Bonchev–Trinajstić information content (AvgIpc) is 2.57. The largest absolute Gasteiger partial charge is 0.445 e. The van der Waals surface area contributed by atoms with Crippen molar-refractivity contribution in [2.75, 3.05) is 6.54 Å². The van der Waals surface area contributed by atoms with Crippen molar-refractivity contribution in [2.24, 2.45) is 0 Å². The van der Waals surface area contributed by atoms with Crippen molar-refractivity contribution >= 4 is 29.3 Å². The number of amides is 1. The highest BCUT2D eigenvalue weighted by molar-refractivity contribution is 6.32. The lowest BCUT2D eigenvalue weighted by molar-refractivity contribution is 0.0183. The van der Waals surface area contributed by atoms with Gasteiger partial charge in [-0.2, -0.15) is 0 Å². The molecule has 8 heteroatoms. The standard InChI is InChI=1S/C16H16Cl2N2O4/c17-13-6-11(7-14(18)20-13)15(22)12(21)8-19-16(23)24-9-10-4-2-1-3-5-10/h1-7,12,15,21-22H,8-9H2,(H,19,23). The van der Waals surface area contributed by atoms with Crippen molar-refractivity contribution in [1.29, 1.82) is 0 Å². The molecule has 128 valence electrons. The van der Waals surface area contributed by atoms with Crippen LogP contribution in [0.25, 0.3) is 0 Å². The van der Waals surface area contributed by atoms with E-state index in [1.807, 2.05) is 30.3 Å². The molecule has 0 aliphatic carbocycles. The minimum atomic E-state index is -1.28. The molecule has 0 saturated heterocycles. The molecule has 2 atom stereocenters. The van der Waals surface area contributed by atoms with E-state index >= 15 is 0 Å². The van der Waals surface area contributed by atoms with Gasteiger partial charge in [-0.05, 0) is 23.3 Å². The number of aliphatic hydroxyl groups is 2. The normalized spacial score (nSPS) is 13.2. The summed E-state index contributed by atoms with van der Waals surface area (Å²) in [6, 6.07) is 11.9. The molecule has 3 N–H and O–H groups in total. The molecule has 24 heavy (non-hydrogen) atoms. The molecule has 1 aromatic heterocycles. The number of ether oxygens (including phenoxy) is 1. The van der Waals surface area contributed by atoms with Crippen LogP contribution in [0.4, 0.5) is 4.79 Å². The van der Waals surface area contributed by atoms with E-state index in [2.05, 4.69) is 10.3 Å². The van der Waals surface area contributed by atoms with Crippen LogP contribution in [0.5, 0.6) is 0 Å².